The van der Waals surface area contributed by atoms with Gasteiger partial charge in [-0.3, -0.25) is 9.36 Å². The summed E-state index contributed by atoms with van der Waals surface area (Å²) in [7, 11) is 0. The second-order valence-electron chi connectivity index (χ2n) is 6.12. The Bertz CT molecular complexity index is 1230. The van der Waals surface area contributed by atoms with E-state index < -0.39 is 17.3 Å². The summed E-state index contributed by atoms with van der Waals surface area (Å²) in [6.45, 7) is 0. The van der Waals surface area contributed by atoms with Crippen molar-refractivity contribution in [1.29, 1.82) is 0 Å². The summed E-state index contributed by atoms with van der Waals surface area (Å²) in [5.74, 6) is 0.175. The van der Waals surface area contributed by atoms with Crippen LogP contribution in [0.4, 0.5) is 13.2 Å². The average molecular weight is 401 g/mol. The number of aromatic nitrogens is 2. The van der Waals surface area contributed by atoms with Crippen molar-refractivity contribution in [2.45, 2.75) is 6.18 Å². The molecule has 0 aliphatic rings. The Kier molecular flexibility index (Phi) is 4.43. The Hall–Kier alpha value is -3.12. The van der Waals surface area contributed by atoms with E-state index >= 15 is 0 Å². The first-order valence-corrected chi connectivity index (χ1v) is 8.68. The van der Waals surface area contributed by atoms with E-state index in [0.717, 1.165) is 18.2 Å². The first-order valence-electron chi connectivity index (χ1n) is 8.30. The monoisotopic (exact) mass is 400 g/mol. The molecule has 0 amide bonds. The molecule has 1 aromatic heterocycles. The van der Waals surface area contributed by atoms with Gasteiger partial charge in [0.2, 0.25) is 0 Å². The maximum absolute atomic E-state index is 13.2. The van der Waals surface area contributed by atoms with Crippen molar-refractivity contribution in [3.8, 4) is 17.1 Å². The molecular formula is C21H12ClF3N2O. The van der Waals surface area contributed by atoms with Crippen LogP contribution in [0.1, 0.15) is 5.56 Å². The lowest BCUT2D eigenvalue weighted by atomic mass is 10.1. The van der Waals surface area contributed by atoms with Crippen LogP contribution in [0, 0.1) is 0 Å². The topological polar surface area (TPSA) is 34.9 Å². The number of nitrogens with zero attached hydrogens (tertiary/aromatic N) is 2. The molecule has 140 valence electrons. The van der Waals surface area contributed by atoms with Crippen molar-refractivity contribution in [1.82, 2.24) is 9.55 Å². The van der Waals surface area contributed by atoms with Crippen molar-refractivity contribution in [3.63, 3.8) is 0 Å². The molecule has 7 heteroatoms. The zero-order valence-corrected chi connectivity index (χ0v) is 15.0. The maximum Gasteiger partial charge on any atom is 0.416 e. The van der Waals surface area contributed by atoms with Crippen LogP contribution >= 0.6 is 11.6 Å². The minimum atomic E-state index is -4.53. The van der Waals surface area contributed by atoms with E-state index in [0.29, 0.717) is 16.3 Å². The fourth-order valence-electron chi connectivity index (χ4n) is 3.00. The first-order chi connectivity index (χ1) is 13.4. The minimum absolute atomic E-state index is 0.0399. The van der Waals surface area contributed by atoms with E-state index in [4.69, 9.17) is 11.6 Å². The first kappa shape index (κ1) is 18.3. The lowest BCUT2D eigenvalue weighted by Crippen LogP contribution is -2.22. The Labute approximate surface area is 162 Å². The molecule has 0 saturated heterocycles. The molecule has 0 saturated carbocycles. The predicted octanol–water partition coefficient (Wildman–Crippen LogP) is 5.72. The highest BCUT2D eigenvalue weighted by molar-refractivity contribution is 6.33. The van der Waals surface area contributed by atoms with Gasteiger partial charge in [0.25, 0.3) is 5.56 Å². The second kappa shape index (κ2) is 6.80. The largest absolute Gasteiger partial charge is 0.416 e. The lowest BCUT2D eigenvalue weighted by Gasteiger charge is -2.15. The summed E-state index contributed by atoms with van der Waals surface area (Å²) in [6, 6.07) is 18.4. The fraction of sp³-hybridized carbons (Fsp3) is 0.0476. The molecule has 0 atom stereocenters. The number of fused-ring (bicyclic) bond motifs is 1. The third-order valence-corrected chi connectivity index (χ3v) is 4.66. The standard InChI is InChI=1S/C21H12ClF3N2O/c22-17-9-5-4-8-15(17)19-26-18-12-13(21(23,24)25)10-11-16(18)20(28)27(19)14-6-2-1-3-7-14/h1-12H. The van der Waals surface area contributed by atoms with Gasteiger partial charge < -0.3 is 0 Å². The molecule has 0 aliphatic carbocycles. The van der Waals surface area contributed by atoms with Gasteiger partial charge in [0.05, 0.1) is 27.2 Å². The number of hydrogen-bond donors (Lipinski definition) is 0. The van der Waals surface area contributed by atoms with Crippen molar-refractivity contribution in [3.05, 3.63) is 93.7 Å². The van der Waals surface area contributed by atoms with Gasteiger partial charge in [-0.1, -0.05) is 41.9 Å². The van der Waals surface area contributed by atoms with Crippen molar-refractivity contribution in [2.75, 3.05) is 0 Å². The maximum atomic E-state index is 13.2. The molecule has 4 aromatic rings. The van der Waals surface area contributed by atoms with E-state index in [1.807, 2.05) is 0 Å². The highest BCUT2D eigenvalue weighted by atomic mass is 35.5. The van der Waals surface area contributed by atoms with Crippen LogP contribution in [0.5, 0.6) is 0 Å². The number of halogens is 4. The summed E-state index contributed by atoms with van der Waals surface area (Å²) in [6.07, 6.45) is -4.53. The molecule has 28 heavy (non-hydrogen) atoms. The highest BCUT2D eigenvalue weighted by Gasteiger charge is 2.31. The Morgan fingerprint density at radius 2 is 1.57 bits per heavy atom. The van der Waals surface area contributed by atoms with E-state index in [-0.39, 0.29) is 16.7 Å². The summed E-state index contributed by atoms with van der Waals surface area (Å²) in [4.78, 5) is 17.6. The van der Waals surface area contributed by atoms with Gasteiger partial charge in [-0.05, 0) is 42.5 Å². The zero-order chi connectivity index (χ0) is 19.9. The zero-order valence-electron chi connectivity index (χ0n) is 14.2. The number of para-hydroxylation sites is 1. The van der Waals surface area contributed by atoms with Crippen molar-refractivity contribution >= 4 is 22.5 Å². The fourth-order valence-corrected chi connectivity index (χ4v) is 3.22. The smallest absolute Gasteiger partial charge is 0.268 e. The summed E-state index contributed by atoms with van der Waals surface area (Å²) < 4.78 is 40.7. The number of rotatable bonds is 2. The average Bonchev–Trinajstić information content (AvgIpc) is 2.68. The summed E-state index contributed by atoms with van der Waals surface area (Å²) >= 11 is 6.29. The van der Waals surface area contributed by atoms with E-state index in [1.165, 1.54) is 4.57 Å². The highest BCUT2D eigenvalue weighted by Crippen LogP contribution is 2.32. The molecule has 1 heterocycles. The predicted molar refractivity (Wildman–Crippen MR) is 103 cm³/mol. The van der Waals surface area contributed by atoms with E-state index in [1.54, 1.807) is 54.6 Å². The molecule has 3 aromatic carbocycles. The third-order valence-electron chi connectivity index (χ3n) is 4.33. The number of alkyl halides is 3. The summed E-state index contributed by atoms with van der Waals surface area (Å²) in [5, 5.41) is 0.429. The molecule has 0 radical (unpaired) electrons. The van der Waals surface area contributed by atoms with Crippen LogP contribution in [0.25, 0.3) is 28.0 Å². The summed E-state index contributed by atoms with van der Waals surface area (Å²) in [5.41, 5.74) is -0.391. The van der Waals surface area contributed by atoms with E-state index in [2.05, 4.69) is 4.98 Å². The van der Waals surface area contributed by atoms with Gasteiger partial charge in [0.15, 0.2) is 0 Å². The SMILES string of the molecule is O=c1c2ccc(C(F)(F)F)cc2nc(-c2ccccc2Cl)n1-c1ccccc1. The quantitative estimate of drug-likeness (QED) is 0.431. The third kappa shape index (κ3) is 3.16. The van der Waals surface area contributed by atoms with Crippen LogP contribution < -0.4 is 5.56 Å². The van der Waals surface area contributed by atoms with Gasteiger partial charge >= 0.3 is 6.18 Å². The van der Waals surface area contributed by atoms with Gasteiger partial charge in [-0.15, -0.1) is 0 Å². The molecule has 0 spiro atoms. The molecule has 4 rings (SSSR count). The molecule has 0 fully saturated rings. The number of hydrogen-bond acceptors (Lipinski definition) is 2. The van der Waals surface area contributed by atoms with Gasteiger partial charge in [-0.2, -0.15) is 13.2 Å². The van der Waals surface area contributed by atoms with E-state index in [9.17, 15) is 18.0 Å². The molecule has 3 nitrogen and oxygen atoms in total. The second-order valence-corrected chi connectivity index (χ2v) is 6.53. The molecule has 0 bridgehead atoms. The molecule has 0 N–H and O–H groups in total. The van der Waals surface area contributed by atoms with Gasteiger partial charge in [-0.25, -0.2) is 4.98 Å². The van der Waals surface area contributed by atoms with Crippen molar-refractivity contribution in [2.24, 2.45) is 0 Å². The molecule has 0 unspecified atom stereocenters. The lowest BCUT2D eigenvalue weighted by molar-refractivity contribution is -0.137. The van der Waals surface area contributed by atoms with Crippen molar-refractivity contribution < 1.29 is 13.2 Å². The minimum Gasteiger partial charge on any atom is -0.268 e. The van der Waals surface area contributed by atoms with Crippen LogP contribution in [0.15, 0.2) is 77.6 Å². The normalized spacial score (nSPS) is 11.7. The van der Waals surface area contributed by atoms with Crippen LogP contribution in [-0.2, 0) is 6.18 Å². The number of benzene rings is 3. The van der Waals surface area contributed by atoms with Gasteiger partial charge in [0.1, 0.15) is 5.82 Å². The van der Waals surface area contributed by atoms with Crippen LogP contribution in [0.3, 0.4) is 0 Å². The Morgan fingerprint density at radius 3 is 2.25 bits per heavy atom. The Morgan fingerprint density at radius 1 is 0.893 bits per heavy atom. The van der Waals surface area contributed by atoms with Crippen LogP contribution in [0.2, 0.25) is 5.02 Å². The van der Waals surface area contributed by atoms with Gasteiger partial charge in [0, 0.05) is 5.56 Å². The Balaban J connectivity index is 2.12. The van der Waals surface area contributed by atoms with Crippen LogP contribution in [-0.4, -0.2) is 9.55 Å². The molecular weight excluding hydrogens is 389 g/mol. The molecule has 0 aliphatic heterocycles.